The summed E-state index contributed by atoms with van der Waals surface area (Å²) in [6.45, 7) is 5.69. The summed E-state index contributed by atoms with van der Waals surface area (Å²) in [6.07, 6.45) is 1.70. The molecule has 0 atom stereocenters. The van der Waals surface area contributed by atoms with Gasteiger partial charge in [-0.2, -0.15) is 8.42 Å². The molecule has 0 radical (unpaired) electrons. The molecule has 7 nitrogen and oxygen atoms in total. The van der Waals surface area contributed by atoms with Crippen LogP contribution in [-0.4, -0.2) is 45.9 Å². The molecule has 0 fully saturated rings. The van der Waals surface area contributed by atoms with E-state index in [-0.39, 0.29) is 11.8 Å². The number of hydrogen-bond donors (Lipinski definition) is 1. The Labute approximate surface area is 179 Å². The van der Waals surface area contributed by atoms with E-state index in [0.29, 0.717) is 32.0 Å². The average molecular weight is 435 g/mol. The van der Waals surface area contributed by atoms with Gasteiger partial charge in [0.05, 0.1) is 6.26 Å². The van der Waals surface area contributed by atoms with Crippen molar-refractivity contribution < 1.29 is 22.1 Å². The molecule has 0 unspecified atom stereocenters. The number of hydrogen-bond acceptors (Lipinski definition) is 5. The molecule has 0 spiro atoms. The maximum absolute atomic E-state index is 12.9. The van der Waals surface area contributed by atoms with Gasteiger partial charge in [-0.1, -0.05) is 38.1 Å². The lowest BCUT2D eigenvalue weighted by atomic mass is 10.0. The second-order valence-corrected chi connectivity index (χ2v) is 8.98. The molecule has 2 rings (SSSR count). The zero-order valence-electron chi connectivity index (χ0n) is 17.9. The summed E-state index contributed by atoms with van der Waals surface area (Å²) in [5, 5.41) is 2.94. The lowest BCUT2D eigenvalue weighted by Crippen LogP contribution is -2.35. The number of nitrogens with one attached hydrogen (secondary N) is 1. The zero-order chi connectivity index (χ0) is 22.1. The zero-order valence-corrected chi connectivity index (χ0v) is 18.7. The summed E-state index contributed by atoms with van der Waals surface area (Å²) in [7, 11) is -1.95. The molecule has 164 valence electrons. The Bertz CT molecular complexity index is 910. The first-order chi connectivity index (χ1) is 14.2. The molecule has 8 heteroatoms. The molecule has 2 amide bonds. The fraction of sp³-hybridized carbons (Fsp3) is 0.409. The van der Waals surface area contributed by atoms with Gasteiger partial charge in [0.2, 0.25) is 0 Å². The van der Waals surface area contributed by atoms with Gasteiger partial charge in [-0.25, -0.2) is 4.79 Å². The third kappa shape index (κ3) is 8.04. The minimum atomic E-state index is -3.57. The van der Waals surface area contributed by atoms with E-state index >= 15 is 0 Å². The smallest absolute Gasteiger partial charge is 0.322 e. The van der Waals surface area contributed by atoms with Gasteiger partial charge in [-0.3, -0.25) is 0 Å². The highest BCUT2D eigenvalue weighted by Crippen LogP contribution is 2.19. The van der Waals surface area contributed by atoms with Crippen LogP contribution in [0, 0.1) is 0 Å². The van der Waals surface area contributed by atoms with Gasteiger partial charge in [0.15, 0.2) is 0 Å². The predicted octanol–water partition coefficient (Wildman–Crippen LogP) is 4.22. The van der Waals surface area contributed by atoms with E-state index in [4.69, 9.17) is 8.92 Å². The number of carbonyl (C=O) groups excluding carboxylic acids is 1. The van der Waals surface area contributed by atoms with E-state index in [1.54, 1.807) is 36.3 Å². The van der Waals surface area contributed by atoms with Gasteiger partial charge < -0.3 is 19.1 Å². The first-order valence-corrected chi connectivity index (χ1v) is 11.6. The SMILES string of the molecule is COCCCN(Cc1ccc(OS(C)(=O)=O)cc1)C(=O)Nc1ccc(C(C)C)cc1. The number of urea groups is 1. The molecule has 2 aromatic rings. The number of anilines is 1. The van der Waals surface area contributed by atoms with Crippen LogP contribution in [0.3, 0.4) is 0 Å². The summed E-state index contributed by atoms with van der Waals surface area (Å²) >= 11 is 0. The first-order valence-electron chi connectivity index (χ1n) is 9.81. The highest BCUT2D eigenvalue weighted by Gasteiger charge is 2.15. The standard InChI is InChI=1S/C22H30N2O5S/c1-17(2)19-8-10-20(11-9-19)23-22(25)24(14-5-15-28-3)16-18-6-12-21(13-7-18)29-30(4,26)27/h6-13,17H,5,14-16H2,1-4H3,(H,23,25). The molecule has 0 bridgehead atoms. The summed E-state index contributed by atoms with van der Waals surface area (Å²) < 4.78 is 32.4. The van der Waals surface area contributed by atoms with Crippen molar-refractivity contribution in [1.29, 1.82) is 0 Å². The Morgan fingerprint density at radius 1 is 1.07 bits per heavy atom. The quantitative estimate of drug-likeness (QED) is 0.447. The van der Waals surface area contributed by atoms with Gasteiger partial charge in [-0.15, -0.1) is 0 Å². The normalized spacial score (nSPS) is 11.4. The molecule has 2 aromatic carbocycles. The maximum Gasteiger partial charge on any atom is 0.322 e. The largest absolute Gasteiger partial charge is 0.385 e. The van der Waals surface area contributed by atoms with Crippen LogP contribution in [-0.2, 0) is 21.4 Å². The van der Waals surface area contributed by atoms with E-state index in [2.05, 4.69) is 19.2 Å². The predicted molar refractivity (Wildman–Crippen MR) is 118 cm³/mol. The van der Waals surface area contributed by atoms with Crippen molar-refractivity contribution in [2.75, 3.05) is 31.8 Å². The van der Waals surface area contributed by atoms with Crippen LogP contribution in [0.1, 0.15) is 37.3 Å². The third-order valence-electron chi connectivity index (χ3n) is 4.44. The number of rotatable bonds is 10. The topological polar surface area (TPSA) is 84.9 Å². The van der Waals surface area contributed by atoms with Crippen molar-refractivity contribution in [2.24, 2.45) is 0 Å². The molecule has 0 saturated carbocycles. The molecule has 0 aliphatic heterocycles. The average Bonchev–Trinajstić information content (AvgIpc) is 2.68. The minimum absolute atomic E-state index is 0.208. The van der Waals surface area contributed by atoms with Crippen LogP contribution < -0.4 is 9.50 Å². The van der Waals surface area contributed by atoms with Crippen molar-refractivity contribution in [3.8, 4) is 5.75 Å². The van der Waals surface area contributed by atoms with Gasteiger partial charge in [0.1, 0.15) is 5.75 Å². The van der Waals surface area contributed by atoms with Crippen LogP contribution in [0.2, 0.25) is 0 Å². The Balaban J connectivity index is 2.07. The number of ether oxygens (including phenoxy) is 1. The minimum Gasteiger partial charge on any atom is -0.385 e. The molecular formula is C22H30N2O5S. The summed E-state index contributed by atoms with van der Waals surface area (Å²) in [6, 6.07) is 14.3. The molecule has 1 N–H and O–H groups in total. The van der Waals surface area contributed by atoms with Crippen molar-refractivity contribution in [2.45, 2.75) is 32.7 Å². The lowest BCUT2D eigenvalue weighted by molar-refractivity contribution is 0.171. The first kappa shape index (κ1) is 23.7. The Morgan fingerprint density at radius 3 is 2.23 bits per heavy atom. The van der Waals surface area contributed by atoms with Crippen molar-refractivity contribution in [3.05, 3.63) is 59.7 Å². The summed E-state index contributed by atoms with van der Waals surface area (Å²) in [5.74, 6) is 0.664. The van der Waals surface area contributed by atoms with Crippen molar-refractivity contribution in [3.63, 3.8) is 0 Å². The molecule has 0 heterocycles. The monoisotopic (exact) mass is 434 g/mol. The van der Waals surface area contributed by atoms with Gasteiger partial charge in [-0.05, 0) is 47.7 Å². The number of methoxy groups -OCH3 is 1. The highest BCUT2D eigenvalue weighted by atomic mass is 32.2. The molecular weight excluding hydrogens is 404 g/mol. The molecule has 0 aromatic heterocycles. The fourth-order valence-corrected chi connectivity index (χ4v) is 3.31. The Hall–Kier alpha value is -2.58. The van der Waals surface area contributed by atoms with Crippen molar-refractivity contribution >= 4 is 21.8 Å². The second-order valence-electron chi connectivity index (χ2n) is 7.41. The molecule has 30 heavy (non-hydrogen) atoms. The molecule has 0 aliphatic rings. The Morgan fingerprint density at radius 2 is 1.70 bits per heavy atom. The van der Waals surface area contributed by atoms with Gasteiger partial charge in [0, 0.05) is 32.5 Å². The van der Waals surface area contributed by atoms with Gasteiger partial charge in [0.25, 0.3) is 0 Å². The van der Waals surface area contributed by atoms with Crippen LogP contribution in [0.15, 0.2) is 48.5 Å². The fourth-order valence-electron chi connectivity index (χ4n) is 2.85. The van der Waals surface area contributed by atoms with Crippen LogP contribution in [0.4, 0.5) is 10.5 Å². The summed E-state index contributed by atoms with van der Waals surface area (Å²) in [5.41, 5.74) is 2.80. The van der Waals surface area contributed by atoms with Crippen molar-refractivity contribution in [1.82, 2.24) is 4.90 Å². The van der Waals surface area contributed by atoms with Crippen LogP contribution in [0.5, 0.6) is 5.75 Å². The summed E-state index contributed by atoms with van der Waals surface area (Å²) in [4.78, 5) is 14.6. The third-order valence-corrected chi connectivity index (χ3v) is 4.93. The van der Waals surface area contributed by atoms with E-state index in [9.17, 15) is 13.2 Å². The van der Waals surface area contributed by atoms with E-state index in [0.717, 1.165) is 17.5 Å². The number of nitrogens with zero attached hydrogens (tertiary/aromatic N) is 1. The lowest BCUT2D eigenvalue weighted by Gasteiger charge is -2.23. The van der Waals surface area contributed by atoms with E-state index in [1.807, 2.05) is 24.3 Å². The maximum atomic E-state index is 12.9. The molecule has 0 aliphatic carbocycles. The van der Waals surface area contributed by atoms with E-state index in [1.165, 1.54) is 5.56 Å². The highest BCUT2D eigenvalue weighted by molar-refractivity contribution is 7.86. The van der Waals surface area contributed by atoms with Gasteiger partial charge >= 0.3 is 16.1 Å². The Kier molecular flexibility index (Phi) is 8.68. The number of carbonyl (C=O) groups is 1. The number of benzene rings is 2. The second kappa shape index (κ2) is 11.0. The van der Waals surface area contributed by atoms with Crippen LogP contribution >= 0.6 is 0 Å². The number of amides is 2. The molecule has 0 saturated heterocycles. The van der Waals surface area contributed by atoms with Crippen LogP contribution in [0.25, 0.3) is 0 Å². The van der Waals surface area contributed by atoms with E-state index < -0.39 is 10.1 Å².